The first-order valence-electron chi connectivity index (χ1n) is 2.95. The van der Waals surface area contributed by atoms with Crippen LogP contribution in [0.3, 0.4) is 0 Å². The first-order chi connectivity index (χ1) is 5.06. The first-order valence-corrected chi connectivity index (χ1v) is 2.95. The van der Waals surface area contributed by atoms with E-state index < -0.39 is 18.2 Å². The molecule has 1 unspecified atom stereocenters. The van der Waals surface area contributed by atoms with E-state index in [-0.39, 0.29) is 6.42 Å². The third kappa shape index (κ3) is 5.07. The maximum Gasteiger partial charge on any atom is 0.433 e. The Hall–Kier alpha value is -1.39. The average molecular weight is 159 g/mol. The van der Waals surface area contributed by atoms with Gasteiger partial charge in [-0.2, -0.15) is 4.99 Å². The van der Waals surface area contributed by atoms with Gasteiger partial charge in [0, 0.05) is 0 Å². The highest BCUT2D eigenvalue weighted by Crippen LogP contribution is 1.98. The maximum atomic E-state index is 10.4. The van der Waals surface area contributed by atoms with Gasteiger partial charge in [-0.05, 0) is 13.6 Å². The Balaban J connectivity index is 3.68. The van der Waals surface area contributed by atoms with Crippen LogP contribution >= 0.6 is 0 Å². The molecule has 5 nitrogen and oxygen atoms in total. The fourth-order valence-corrected chi connectivity index (χ4v) is 0.497. The number of carboxylic acids is 1. The third-order valence-corrected chi connectivity index (χ3v) is 0.893. The summed E-state index contributed by atoms with van der Waals surface area (Å²) in [4.78, 5) is 23.3. The number of hydrogen-bond acceptors (Lipinski definition) is 3. The quantitative estimate of drug-likeness (QED) is 0.614. The minimum Gasteiger partial charge on any atom is -0.481 e. The molecular formula is C6H9NO4. The zero-order valence-electron chi connectivity index (χ0n) is 6.11. The number of carbonyl (C=O) groups is 2. The monoisotopic (exact) mass is 159 g/mol. The van der Waals surface area contributed by atoms with Crippen molar-refractivity contribution >= 4 is 18.8 Å². The number of carbonyl (C=O) groups excluding carboxylic acids is 1. The number of rotatable bonds is 3. The van der Waals surface area contributed by atoms with E-state index in [1.807, 2.05) is 0 Å². The van der Waals surface area contributed by atoms with Gasteiger partial charge in [0.25, 0.3) is 0 Å². The normalized spacial score (nSPS) is 11.7. The summed E-state index contributed by atoms with van der Waals surface area (Å²) < 4.78 is 4.46. The van der Waals surface area contributed by atoms with Crippen molar-refractivity contribution in [1.82, 2.24) is 0 Å². The van der Waals surface area contributed by atoms with E-state index in [2.05, 4.69) is 16.4 Å². The maximum absolute atomic E-state index is 10.4. The second-order valence-corrected chi connectivity index (χ2v) is 1.95. The van der Waals surface area contributed by atoms with Gasteiger partial charge in [0.15, 0.2) is 0 Å². The van der Waals surface area contributed by atoms with Gasteiger partial charge in [-0.3, -0.25) is 4.79 Å². The lowest BCUT2D eigenvalue weighted by molar-refractivity contribution is -0.138. The van der Waals surface area contributed by atoms with Gasteiger partial charge in [-0.25, -0.2) is 4.79 Å². The second kappa shape index (κ2) is 4.43. The summed E-state index contributed by atoms with van der Waals surface area (Å²) in [5.41, 5.74) is 0. The number of hydrogen-bond donors (Lipinski definition) is 1. The van der Waals surface area contributed by atoms with E-state index >= 15 is 0 Å². The molecule has 0 saturated carbocycles. The summed E-state index contributed by atoms with van der Waals surface area (Å²) in [5.74, 6) is -1.02. The molecule has 0 radical (unpaired) electrons. The molecule has 62 valence electrons. The summed E-state index contributed by atoms with van der Waals surface area (Å²) in [6, 6.07) is 0. The fraction of sp³-hybridized carbons (Fsp3) is 0.500. The van der Waals surface area contributed by atoms with Crippen LogP contribution in [0.15, 0.2) is 4.99 Å². The lowest BCUT2D eigenvalue weighted by atomic mass is 10.3. The standard InChI is InChI=1S/C6H9NO4/c1-4(3-5(8)9)11-6(10)7-2/h4H,2-3H2,1H3,(H,8,9). The van der Waals surface area contributed by atoms with E-state index in [9.17, 15) is 9.59 Å². The van der Waals surface area contributed by atoms with Crippen molar-refractivity contribution in [2.75, 3.05) is 0 Å². The van der Waals surface area contributed by atoms with Crippen LogP contribution < -0.4 is 0 Å². The Bertz CT molecular complexity index is 177. The van der Waals surface area contributed by atoms with E-state index in [0.717, 1.165) is 0 Å². The van der Waals surface area contributed by atoms with Crippen LogP contribution in [0.4, 0.5) is 4.79 Å². The van der Waals surface area contributed by atoms with Crippen molar-refractivity contribution in [1.29, 1.82) is 0 Å². The summed E-state index contributed by atoms with van der Waals surface area (Å²) in [6.07, 6.45) is -1.73. The molecule has 0 fully saturated rings. The highest BCUT2D eigenvalue weighted by atomic mass is 16.6. The number of amides is 1. The summed E-state index contributed by atoms with van der Waals surface area (Å²) in [5, 5.41) is 8.23. The molecule has 0 aliphatic carbocycles. The molecule has 0 spiro atoms. The minimum absolute atomic E-state index is 0.221. The van der Waals surface area contributed by atoms with Crippen LogP contribution in [0.5, 0.6) is 0 Å². The second-order valence-electron chi connectivity index (χ2n) is 1.95. The largest absolute Gasteiger partial charge is 0.481 e. The Labute approximate surface area is 63.7 Å². The van der Waals surface area contributed by atoms with E-state index in [4.69, 9.17) is 5.11 Å². The lowest BCUT2D eigenvalue weighted by Gasteiger charge is -2.06. The summed E-state index contributed by atoms with van der Waals surface area (Å²) >= 11 is 0. The molecule has 0 aromatic carbocycles. The molecule has 1 atom stereocenters. The lowest BCUT2D eigenvalue weighted by Crippen LogP contribution is -2.16. The zero-order chi connectivity index (χ0) is 8.85. The zero-order valence-corrected chi connectivity index (χ0v) is 6.11. The van der Waals surface area contributed by atoms with Crippen molar-refractivity contribution in [3.05, 3.63) is 0 Å². The smallest absolute Gasteiger partial charge is 0.433 e. The number of aliphatic imine (C=N–C) groups is 1. The number of ether oxygens (including phenoxy) is 1. The molecule has 0 rings (SSSR count). The Morgan fingerprint density at radius 2 is 2.27 bits per heavy atom. The van der Waals surface area contributed by atoms with Crippen molar-refractivity contribution in [3.63, 3.8) is 0 Å². The highest BCUT2D eigenvalue weighted by Gasteiger charge is 2.10. The topological polar surface area (TPSA) is 76.0 Å². The van der Waals surface area contributed by atoms with Crippen LogP contribution in [0, 0.1) is 0 Å². The van der Waals surface area contributed by atoms with Gasteiger partial charge in [0.05, 0.1) is 6.42 Å². The molecule has 0 aromatic rings. The molecule has 0 heterocycles. The van der Waals surface area contributed by atoms with Crippen molar-refractivity contribution in [2.45, 2.75) is 19.4 Å². The first kappa shape index (κ1) is 9.61. The SMILES string of the molecule is C=NC(=O)OC(C)CC(=O)O. The number of carboxylic acid groups (broad SMARTS) is 1. The Kier molecular flexibility index (Phi) is 3.87. The van der Waals surface area contributed by atoms with E-state index in [0.29, 0.717) is 0 Å². The molecule has 11 heavy (non-hydrogen) atoms. The predicted octanol–water partition coefficient (Wildman–Crippen LogP) is 0.687. The van der Waals surface area contributed by atoms with Crippen molar-refractivity contribution < 1.29 is 19.4 Å². The summed E-state index contributed by atoms with van der Waals surface area (Å²) in [6.45, 7) is 4.39. The van der Waals surface area contributed by atoms with Gasteiger partial charge in [-0.1, -0.05) is 0 Å². The molecule has 0 aliphatic heterocycles. The number of nitrogens with zero attached hydrogens (tertiary/aromatic N) is 1. The predicted molar refractivity (Wildman–Crippen MR) is 37.7 cm³/mol. The van der Waals surface area contributed by atoms with E-state index in [1.165, 1.54) is 6.92 Å². The third-order valence-electron chi connectivity index (χ3n) is 0.893. The van der Waals surface area contributed by atoms with Crippen LogP contribution in [0.2, 0.25) is 0 Å². The van der Waals surface area contributed by atoms with Crippen LogP contribution in [0.25, 0.3) is 0 Å². The highest BCUT2D eigenvalue weighted by molar-refractivity contribution is 5.74. The molecule has 0 aromatic heterocycles. The van der Waals surface area contributed by atoms with Crippen LogP contribution in [-0.4, -0.2) is 30.0 Å². The van der Waals surface area contributed by atoms with Gasteiger partial charge in [0.2, 0.25) is 0 Å². The molecule has 5 heteroatoms. The Morgan fingerprint density at radius 3 is 2.64 bits per heavy atom. The van der Waals surface area contributed by atoms with Crippen molar-refractivity contribution in [2.24, 2.45) is 4.99 Å². The van der Waals surface area contributed by atoms with Gasteiger partial charge in [0.1, 0.15) is 6.10 Å². The van der Waals surface area contributed by atoms with Gasteiger partial charge >= 0.3 is 12.1 Å². The van der Waals surface area contributed by atoms with Crippen LogP contribution in [0.1, 0.15) is 13.3 Å². The molecule has 0 bridgehead atoms. The molecule has 0 saturated heterocycles. The molecule has 1 amide bonds. The fourth-order valence-electron chi connectivity index (χ4n) is 0.497. The van der Waals surface area contributed by atoms with Crippen molar-refractivity contribution in [3.8, 4) is 0 Å². The molecular weight excluding hydrogens is 150 g/mol. The summed E-state index contributed by atoms with van der Waals surface area (Å²) in [7, 11) is 0. The molecule has 1 N–H and O–H groups in total. The Morgan fingerprint density at radius 1 is 1.73 bits per heavy atom. The molecule has 0 aliphatic rings. The van der Waals surface area contributed by atoms with Crippen LogP contribution in [-0.2, 0) is 9.53 Å². The minimum atomic E-state index is -1.02. The van der Waals surface area contributed by atoms with Gasteiger partial charge in [-0.15, -0.1) is 0 Å². The van der Waals surface area contributed by atoms with E-state index in [1.54, 1.807) is 0 Å². The van der Waals surface area contributed by atoms with Gasteiger partial charge < -0.3 is 9.84 Å². The average Bonchev–Trinajstić information content (AvgIpc) is 1.85. The number of aliphatic carboxylic acids is 1.